The Morgan fingerprint density at radius 2 is 0.623 bits per heavy atom. The van der Waals surface area contributed by atoms with Gasteiger partial charge in [0.15, 0.2) is 0 Å². The third-order valence-electron chi connectivity index (χ3n) is 13.8. The first kappa shape index (κ1) is 40.2. The van der Waals surface area contributed by atoms with Crippen molar-refractivity contribution >= 4 is 67.9 Å². The zero-order valence-electron chi connectivity index (χ0n) is 37.5. The van der Waals surface area contributed by atoms with Crippen molar-refractivity contribution in [3.8, 4) is 33.6 Å². The van der Waals surface area contributed by atoms with E-state index in [9.17, 15) is 0 Å². The molecular weight excluding hydrogens is 837 g/mol. The van der Waals surface area contributed by atoms with Crippen LogP contribution >= 0.6 is 0 Å². The lowest BCUT2D eigenvalue weighted by atomic mass is 9.67. The summed E-state index contributed by atoms with van der Waals surface area (Å²) in [4.78, 5) is 20.8. The van der Waals surface area contributed by atoms with Gasteiger partial charge < -0.3 is 0 Å². The SMILES string of the molecule is C(=C/c1ccc2ccc3ccc(-c4ccc(C5(c6ccc(-c7ccc8ccc9ccc(/C=C\c%10ccccc%10)nc9c8n7)cc6)c6ccccc6-c6ccccc65)cc4)nc3c2n1)/c1ccccc1. The molecule has 0 unspecified atom stereocenters. The minimum absolute atomic E-state index is 0.564. The fourth-order valence-electron chi connectivity index (χ4n) is 10.4. The Morgan fingerprint density at radius 1 is 0.275 bits per heavy atom. The minimum atomic E-state index is -0.564. The molecule has 4 nitrogen and oxygen atoms in total. The van der Waals surface area contributed by atoms with Crippen LogP contribution in [-0.2, 0) is 5.41 Å². The van der Waals surface area contributed by atoms with Gasteiger partial charge in [0.05, 0.1) is 50.3 Å². The summed E-state index contributed by atoms with van der Waals surface area (Å²) >= 11 is 0. The Morgan fingerprint density at radius 3 is 1.04 bits per heavy atom. The second-order valence-electron chi connectivity index (χ2n) is 17.8. The van der Waals surface area contributed by atoms with Gasteiger partial charge >= 0.3 is 0 Å². The highest BCUT2D eigenvalue weighted by Crippen LogP contribution is 2.56. The van der Waals surface area contributed by atoms with Crippen molar-refractivity contribution in [2.45, 2.75) is 5.41 Å². The van der Waals surface area contributed by atoms with Gasteiger partial charge in [0, 0.05) is 32.7 Å². The van der Waals surface area contributed by atoms with Gasteiger partial charge in [-0.25, -0.2) is 19.9 Å². The summed E-state index contributed by atoms with van der Waals surface area (Å²) < 4.78 is 0. The highest BCUT2D eigenvalue weighted by atomic mass is 14.8. The quantitative estimate of drug-likeness (QED) is 0.143. The number of benzene rings is 8. The minimum Gasteiger partial charge on any atom is -0.246 e. The lowest BCUT2D eigenvalue weighted by molar-refractivity contribution is 0.768. The Hall–Kier alpha value is -9.12. The van der Waals surface area contributed by atoms with E-state index in [1.54, 1.807) is 0 Å². The maximum Gasteiger partial charge on any atom is 0.0972 e. The predicted molar refractivity (Wildman–Crippen MR) is 287 cm³/mol. The summed E-state index contributed by atoms with van der Waals surface area (Å²) in [5.74, 6) is 0. The largest absolute Gasteiger partial charge is 0.246 e. The summed E-state index contributed by atoms with van der Waals surface area (Å²) in [7, 11) is 0. The molecule has 0 spiro atoms. The van der Waals surface area contributed by atoms with E-state index in [0.717, 1.165) is 88.6 Å². The van der Waals surface area contributed by atoms with E-state index in [-0.39, 0.29) is 0 Å². The van der Waals surface area contributed by atoms with Crippen molar-refractivity contribution in [2.24, 2.45) is 0 Å². The summed E-state index contributed by atoms with van der Waals surface area (Å²) in [5.41, 5.74) is 18.4. The van der Waals surface area contributed by atoms with Crippen molar-refractivity contribution in [2.75, 3.05) is 0 Å². The van der Waals surface area contributed by atoms with Gasteiger partial charge in [-0.3, -0.25) is 0 Å². The first-order valence-electron chi connectivity index (χ1n) is 23.4. The molecule has 1 aliphatic carbocycles. The van der Waals surface area contributed by atoms with Crippen LogP contribution in [0, 0.1) is 0 Å². The van der Waals surface area contributed by atoms with Gasteiger partial charge in [-0.2, -0.15) is 0 Å². The summed E-state index contributed by atoms with van der Waals surface area (Å²) in [6.45, 7) is 0. The normalized spacial score (nSPS) is 12.9. The molecule has 0 N–H and O–H groups in total. The molecule has 0 saturated heterocycles. The summed E-state index contributed by atoms with van der Waals surface area (Å²) in [5, 5.41) is 4.25. The first-order valence-corrected chi connectivity index (χ1v) is 23.4. The average Bonchev–Trinajstić information content (AvgIpc) is 3.73. The molecule has 8 aromatic carbocycles. The van der Waals surface area contributed by atoms with Crippen molar-refractivity contribution in [1.29, 1.82) is 0 Å². The lowest BCUT2D eigenvalue weighted by Gasteiger charge is -2.34. The molecule has 0 bridgehead atoms. The molecule has 0 fully saturated rings. The van der Waals surface area contributed by atoms with Crippen LogP contribution in [0.1, 0.15) is 44.8 Å². The number of fused-ring (bicyclic) bond motifs is 9. The second-order valence-corrected chi connectivity index (χ2v) is 17.8. The number of pyridine rings is 4. The standard InChI is InChI=1S/C65H42N4/c1-3-11-43(12-4-1)19-37-53-39-29-47-21-23-49-31-41-59(68-63(49)61(47)66-53)45-25-33-51(34-26-45)65(57-17-9-7-15-55(57)56-16-8-10-18-58(56)65)52-35-27-46(28-36-52)60-42-32-50-24-22-48-30-40-54(67-62(48)64(50)69-60)38-20-44-13-5-2-6-14-44/h1-42H/b37-19-,38-20-. The van der Waals surface area contributed by atoms with Crippen LogP contribution in [0.3, 0.4) is 0 Å². The summed E-state index contributed by atoms with van der Waals surface area (Å²) in [6.07, 6.45) is 8.34. The van der Waals surface area contributed by atoms with E-state index >= 15 is 0 Å². The van der Waals surface area contributed by atoms with Crippen molar-refractivity contribution in [1.82, 2.24) is 19.9 Å². The van der Waals surface area contributed by atoms with E-state index in [1.807, 2.05) is 36.4 Å². The number of nitrogens with zero attached hydrogens (tertiary/aromatic N) is 4. The van der Waals surface area contributed by atoms with Gasteiger partial charge in [-0.05, 0) is 80.9 Å². The molecule has 69 heavy (non-hydrogen) atoms. The third-order valence-corrected chi connectivity index (χ3v) is 13.8. The fraction of sp³-hybridized carbons (Fsp3) is 0.0154. The van der Waals surface area contributed by atoms with E-state index in [4.69, 9.17) is 19.9 Å². The van der Waals surface area contributed by atoms with Gasteiger partial charge in [-0.1, -0.05) is 218 Å². The Kier molecular flexibility index (Phi) is 9.69. The molecule has 4 heteroatoms. The van der Waals surface area contributed by atoms with Gasteiger partial charge in [0.25, 0.3) is 0 Å². The topological polar surface area (TPSA) is 51.6 Å². The molecular formula is C65H42N4. The molecule has 4 aromatic heterocycles. The van der Waals surface area contributed by atoms with Gasteiger partial charge in [0.2, 0.25) is 0 Å². The van der Waals surface area contributed by atoms with Crippen LogP contribution in [-0.4, -0.2) is 19.9 Å². The highest BCUT2D eigenvalue weighted by molar-refractivity contribution is 6.05. The monoisotopic (exact) mass is 878 g/mol. The molecule has 0 radical (unpaired) electrons. The molecule has 13 rings (SSSR count). The van der Waals surface area contributed by atoms with Crippen molar-refractivity contribution in [3.63, 3.8) is 0 Å². The molecule has 0 amide bonds. The zero-order chi connectivity index (χ0) is 45.7. The maximum atomic E-state index is 5.31. The Bertz CT molecular complexity index is 3720. The molecule has 322 valence electrons. The first-order chi connectivity index (χ1) is 34.2. The van der Waals surface area contributed by atoms with Crippen LogP contribution in [0.25, 0.3) is 102 Å². The average molecular weight is 879 g/mol. The number of rotatable bonds is 8. The van der Waals surface area contributed by atoms with Crippen molar-refractivity contribution in [3.05, 3.63) is 275 Å². The number of aromatic nitrogens is 4. The van der Waals surface area contributed by atoms with E-state index < -0.39 is 5.41 Å². The Balaban J connectivity index is 0.886. The molecule has 12 aromatic rings. The van der Waals surface area contributed by atoms with Crippen LogP contribution in [0.5, 0.6) is 0 Å². The molecule has 0 atom stereocenters. The van der Waals surface area contributed by atoms with E-state index in [0.29, 0.717) is 0 Å². The highest BCUT2D eigenvalue weighted by Gasteiger charge is 2.45. The molecule has 1 aliphatic rings. The number of hydrogen-bond donors (Lipinski definition) is 0. The molecule has 0 saturated carbocycles. The van der Waals surface area contributed by atoms with E-state index in [2.05, 4.69) is 218 Å². The number of hydrogen-bond acceptors (Lipinski definition) is 4. The van der Waals surface area contributed by atoms with Gasteiger partial charge in [-0.15, -0.1) is 0 Å². The molecule has 0 aliphatic heterocycles. The van der Waals surface area contributed by atoms with Crippen LogP contribution in [0.4, 0.5) is 0 Å². The van der Waals surface area contributed by atoms with Crippen LogP contribution in [0.15, 0.2) is 231 Å². The smallest absolute Gasteiger partial charge is 0.0972 e. The third kappa shape index (κ3) is 7.01. The zero-order valence-corrected chi connectivity index (χ0v) is 37.5. The maximum absolute atomic E-state index is 5.31. The Labute approximate surface area is 400 Å². The summed E-state index contributed by atoms with van der Waals surface area (Å²) in [6, 6.07) is 82.1. The van der Waals surface area contributed by atoms with Crippen LogP contribution < -0.4 is 0 Å². The van der Waals surface area contributed by atoms with Crippen LogP contribution in [0.2, 0.25) is 0 Å². The molecule has 4 heterocycles. The lowest BCUT2D eigenvalue weighted by Crippen LogP contribution is -2.28. The van der Waals surface area contributed by atoms with Crippen molar-refractivity contribution < 1.29 is 0 Å². The predicted octanol–water partition coefficient (Wildman–Crippen LogP) is 15.9. The second kappa shape index (κ2) is 16.6. The van der Waals surface area contributed by atoms with Gasteiger partial charge in [0.1, 0.15) is 0 Å². The van der Waals surface area contributed by atoms with E-state index in [1.165, 1.54) is 33.4 Å². The fourth-order valence-corrected chi connectivity index (χ4v) is 10.4.